The lowest BCUT2D eigenvalue weighted by Crippen LogP contribution is -2.40. The Kier molecular flexibility index (Phi) is 4.43. The van der Waals surface area contributed by atoms with E-state index in [0.29, 0.717) is 18.8 Å². The van der Waals surface area contributed by atoms with E-state index in [9.17, 15) is 9.90 Å². The third-order valence-corrected chi connectivity index (χ3v) is 3.61. The second kappa shape index (κ2) is 6.06. The van der Waals surface area contributed by atoms with E-state index in [1.807, 2.05) is 19.1 Å². The van der Waals surface area contributed by atoms with Gasteiger partial charge >= 0.3 is 5.97 Å². The van der Waals surface area contributed by atoms with Crippen LogP contribution in [0.3, 0.4) is 0 Å². The van der Waals surface area contributed by atoms with E-state index in [-0.39, 0.29) is 6.04 Å². The highest BCUT2D eigenvalue weighted by atomic mass is 16.5. The van der Waals surface area contributed by atoms with Crippen molar-refractivity contribution in [2.24, 2.45) is 0 Å². The van der Waals surface area contributed by atoms with Gasteiger partial charge in [-0.1, -0.05) is 6.07 Å². The van der Waals surface area contributed by atoms with Crippen molar-refractivity contribution in [2.75, 3.05) is 24.7 Å². The molecule has 0 amide bonds. The second-order valence-corrected chi connectivity index (χ2v) is 4.91. The van der Waals surface area contributed by atoms with Gasteiger partial charge in [-0.05, 0) is 44.4 Å². The minimum absolute atomic E-state index is 0.267. The summed E-state index contributed by atoms with van der Waals surface area (Å²) in [5.41, 5.74) is 2.45. The van der Waals surface area contributed by atoms with Crippen molar-refractivity contribution < 1.29 is 14.6 Å². The van der Waals surface area contributed by atoms with Crippen LogP contribution in [0.1, 0.15) is 36.2 Å². The standard InChI is InChI=1S/C15H21NO3/c1-3-19-10-11(2)16-9-5-7-12-13(15(17)18)6-4-8-14(12)16/h4,6,8,11H,3,5,7,9-10H2,1-2H3,(H,17,18). The largest absolute Gasteiger partial charge is 0.478 e. The lowest BCUT2D eigenvalue weighted by atomic mass is 9.95. The van der Waals surface area contributed by atoms with Crippen LogP contribution in [0.25, 0.3) is 0 Å². The first kappa shape index (κ1) is 13.9. The summed E-state index contributed by atoms with van der Waals surface area (Å²) in [4.78, 5) is 13.5. The highest BCUT2D eigenvalue weighted by molar-refractivity contribution is 5.91. The minimum atomic E-state index is -0.837. The second-order valence-electron chi connectivity index (χ2n) is 4.91. The minimum Gasteiger partial charge on any atom is -0.478 e. The highest BCUT2D eigenvalue weighted by Crippen LogP contribution is 2.31. The van der Waals surface area contributed by atoms with Gasteiger partial charge < -0.3 is 14.7 Å². The third-order valence-electron chi connectivity index (χ3n) is 3.61. The van der Waals surface area contributed by atoms with Crippen molar-refractivity contribution >= 4 is 11.7 Å². The molecule has 0 saturated carbocycles. The fourth-order valence-corrected chi connectivity index (χ4v) is 2.69. The van der Waals surface area contributed by atoms with Gasteiger partial charge in [0.1, 0.15) is 0 Å². The number of anilines is 1. The lowest BCUT2D eigenvalue weighted by Gasteiger charge is -2.36. The molecular weight excluding hydrogens is 242 g/mol. The number of rotatable bonds is 5. The van der Waals surface area contributed by atoms with E-state index >= 15 is 0 Å². The number of carbonyl (C=O) groups is 1. The normalized spacial score (nSPS) is 16.0. The summed E-state index contributed by atoms with van der Waals surface area (Å²) in [6, 6.07) is 5.80. The molecule has 0 fully saturated rings. The van der Waals surface area contributed by atoms with Gasteiger partial charge in [-0.2, -0.15) is 0 Å². The Morgan fingerprint density at radius 2 is 2.32 bits per heavy atom. The number of benzene rings is 1. The zero-order valence-corrected chi connectivity index (χ0v) is 11.6. The SMILES string of the molecule is CCOCC(C)N1CCCc2c(C(=O)O)cccc21. The molecule has 1 N–H and O–H groups in total. The predicted molar refractivity (Wildman–Crippen MR) is 75.0 cm³/mol. The molecule has 19 heavy (non-hydrogen) atoms. The summed E-state index contributed by atoms with van der Waals surface area (Å²) in [6.45, 7) is 6.45. The van der Waals surface area contributed by atoms with Gasteiger partial charge in [0.15, 0.2) is 0 Å². The van der Waals surface area contributed by atoms with E-state index in [2.05, 4.69) is 11.8 Å². The Bertz CT molecular complexity index is 459. The van der Waals surface area contributed by atoms with Crippen molar-refractivity contribution in [3.05, 3.63) is 29.3 Å². The van der Waals surface area contributed by atoms with E-state index < -0.39 is 5.97 Å². The van der Waals surface area contributed by atoms with Crippen LogP contribution in [0.5, 0.6) is 0 Å². The zero-order valence-electron chi connectivity index (χ0n) is 11.6. The maximum Gasteiger partial charge on any atom is 0.336 e. The molecule has 2 rings (SSSR count). The number of carboxylic acid groups (broad SMARTS) is 1. The van der Waals surface area contributed by atoms with Gasteiger partial charge in [0.05, 0.1) is 12.2 Å². The van der Waals surface area contributed by atoms with Gasteiger partial charge in [0, 0.05) is 24.9 Å². The maximum absolute atomic E-state index is 11.3. The first-order valence-electron chi connectivity index (χ1n) is 6.84. The smallest absolute Gasteiger partial charge is 0.336 e. The molecule has 104 valence electrons. The Morgan fingerprint density at radius 3 is 3.00 bits per heavy atom. The third kappa shape index (κ3) is 2.89. The maximum atomic E-state index is 11.3. The van der Waals surface area contributed by atoms with Crippen LogP contribution >= 0.6 is 0 Å². The predicted octanol–water partition coefficient (Wildman–Crippen LogP) is 2.56. The molecular formula is C15H21NO3. The van der Waals surface area contributed by atoms with Crippen LogP contribution in [-0.2, 0) is 11.2 Å². The zero-order chi connectivity index (χ0) is 13.8. The molecule has 0 aliphatic carbocycles. The molecule has 1 aromatic carbocycles. The molecule has 0 aromatic heterocycles. The van der Waals surface area contributed by atoms with E-state index in [1.54, 1.807) is 6.07 Å². The quantitative estimate of drug-likeness (QED) is 0.887. The van der Waals surface area contributed by atoms with Gasteiger partial charge in [-0.25, -0.2) is 4.79 Å². The molecule has 1 heterocycles. The lowest BCUT2D eigenvalue weighted by molar-refractivity contribution is 0.0695. The van der Waals surface area contributed by atoms with Gasteiger partial charge in [0.25, 0.3) is 0 Å². The van der Waals surface area contributed by atoms with Crippen molar-refractivity contribution in [2.45, 2.75) is 32.7 Å². The molecule has 4 nitrogen and oxygen atoms in total. The summed E-state index contributed by atoms with van der Waals surface area (Å²) >= 11 is 0. The van der Waals surface area contributed by atoms with Crippen molar-refractivity contribution in [1.82, 2.24) is 0 Å². The number of fused-ring (bicyclic) bond motifs is 1. The molecule has 4 heteroatoms. The van der Waals surface area contributed by atoms with Crippen molar-refractivity contribution in [3.8, 4) is 0 Å². The molecule has 1 aliphatic rings. The number of hydrogen-bond donors (Lipinski definition) is 1. The summed E-state index contributed by atoms with van der Waals surface area (Å²) in [5.74, 6) is -0.837. The van der Waals surface area contributed by atoms with Crippen molar-refractivity contribution in [3.63, 3.8) is 0 Å². The van der Waals surface area contributed by atoms with Crippen LogP contribution in [0, 0.1) is 0 Å². The van der Waals surface area contributed by atoms with Gasteiger partial charge in [-0.3, -0.25) is 0 Å². The Morgan fingerprint density at radius 1 is 1.53 bits per heavy atom. The van der Waals surface area contributed by atoms with Crippen LogP contribution in [-0.4, -0.2) is 36.9 Å². The molecule has 1 aromatic rings. The molecule has 0 radical (unpaired) electrons. The summed E-state index contributed by atoms with van der Waals surface area (Å²) in [6.07, 6.45) is 1.84. The number of hydrogen-bond acceptors (Lipinski definition) is 3. The van der Waals surface area contributed by atoms with E-state index in [0.717, 1.165) is 30.6 Å². The van der Waals surface area contributed by atoms with Crippen LogP contribution in [0.2, 0.25) is 0 Å². The fraction of sp³-hybridized carbons (Fsp3) is 0.533. The summed E-state index contributed by atoms with van der Waals surface area (Å²) < 4.78 is 5.48. The number of nitrogens with zero attached hydrogens (tertiary/aromatic N) is 1. The first-order chi connectivity index (χ1) is 9.15. The van der Waals surface area contributed by atoms with E-state index in [4.69, 9.17) is 4.74 Å². The monoisotopic (exact) mass is 263 g/mol. The van der Waals surface area contributed by atoms with Crippen molar-refractivity contribution in [1.29, 1.82) is 0 Å². The van der Waals surface area contributed by atoms with Crippen LogP contribution in [0.4, 0.5) is 5.69 Å². The molecule has 1 atom stereocenters. The molecule has 0 bridgehead atoms. The number of ether oxygens (including phenoxy) is 1. The summed E-state index contributed by atoms with van der Waals surface area (Å²) in [5, 5.41) is 9.26. The van der Waals surface area contributed by atoms with Crippen LogP contribution < -0.4 is 4.90 Å². The Balaban J connectivity index is 2.29. The molecule has 0 spiro atoms. The fourth-order valence-electron chi connectivity index (χ4n) is 2.69. The number of carboxylic acids is 1. The Labute approximate surface area is 114 Å². The van der Waals surface area contributed by atoms with Gasteiger partial charge in [-0.15, -0.1) is 0 Å². The number of aromatic carboxylic acids is 1. The Hall–Kier alpha value is -1.55. The van der Waals surface area contributed by atoms with Crippen LogP contribution in [0.15, 0.2) is 18.2 Å². The summed E-state index contributed by atoms with van der Waals surface area (Å²) in [7, 11) is 0. The van der Waals surface area contributed by atoms with E-state index in [1.165, 1.54) is 0 Å². The molecule has 1 aliphatic heterocycles. The topological polar surface area (TPSA) is 49.8 Å². The first-order valence-corrected chi connectivity index (χ1v) is 6.84. The molecule has 0 saturated heterocycles. The highest BCUT2D eigenvalue weighted by Gasteiger charge is 2.24. The van der Waals surface area contributed by atoms with Gasteiger partial charge in [0.2, 0.25) is 0 Å². The average molecular weight is 263 g/mol. The molecule has 1 unspecified atom stereocenters. The average Bonchev–Trinajstić information content (AvgIpc) is 2.43.